The number of piperidine rings is 1. The second kappa shape index (κ2) is 7.04. The van der Waals surface area contributed by atoms with Crippen molar-refractivity contribution < 1.29 is 9.59 Å². The number of rotatable bonds is 4. The van der Waals surface area contributed by atoms with Gasteiger partial charge in [0.2, 0.25) is 0 Å². The van der Waals surface area contributed by atoms with Gasteiger partial charge in [0.1, 0.15) is 6.04 Å². The number of imide groups is 1. The van der Waals surface area contributed by atoms with Gasteiger partial charge in [-0.15, -0.1) is 0 Å². The number of piperazine rings is 1. The van der Waals surface area contributed by atoms with E-state index in [4.69, 9.17) is 0 Å². The molecule has 0 saturated carbocycles. The van der Waals surface area contributed by atoms with E-state index in [1.54, 1.807) is 4.90 Å². The van der Waals surface area contributed by atoms with Crippen LogP contribution < -0.4 is 4.90 Å². The highest BCUT2D eigenvalue weighted by Gasteiger charge is 2.45. The number of hydrogen-bond acceptors (Lipinski definition) is 4. The van der Waals surface area contributed by atoms with Crippen molar-refractivity contribution in [1.29, 1.82) is 0 Å². The second-order valence-corrected chi connectivity index (χ2v) is 7.14. The van der Waals surface area contributed by atoms with Crippen LogP contribution in [0.25, 0.3) is 0 Å². The minimum absolute atomic E-state index is 0.0209. The first-order valence-corrected chi connectivity index (χ1v) is 9.38. The summed E-state index contributed by atoms with van der Waals surface area (Å²) < 4.78 is 0. The molecule has 3 fully saturated rings. The molecular weight excluding hydrogens is 316 g/mol. The molecule has 6 heteroatoms. The highest BCUT2D eigenvalue weighted by molar-refractivity contribution is 6.04. The molecule has 3 aliphatic heterocycles. The number of hydrogen-bond donors (Lipinski definition) is 0. The van der Waals surface area contributed by atoms with Crippen LogP contribution in [0.15, 0.2) is 30.3 Å². The minimum atomic E-state index is -0.184. The molecule has 0 unspecified atom stereocenters. The molecule has 1 aromatic rings. The lowest BCUT2D eigenvalue weighted by Gasteiger charge is -2.36. The Kier molecular flexibility index (Phi) is 4.61. The molecule has 0 N–H and O–H groups in total. The number of fused-ring (bicyclic) bond motifs is 1. The predicted octanol–water partition coefficient (Wildman–Crippen LogP) is 1.63. The van der Waals surface area contributed by atoms with Gasteiger partial charge in [0.15, 0.2) is 0 Å². The predicted molar refractivity (Wildman–Crippen MR) is 96.5 cm³/mol. The van der Waals surface area contributed by atoms with Crippen LogP contribution in [0.2, 0.25) is 0 Å². The van der Waals surface area contributed by atoms with E-state index in [2.05, 4.69) is 34.1 Å². The summed E-state index contributed by atoms with van der Waals surface area (Å²) in [6, 6.07) is 10.2. The maximum Gasteiger partial charge on any atom is 0.327 e. The van der Waals surface area contributed by atoms with Crippen LogP contribution in [0.3, 0.4) is 0 Å². The molecule has 3 amide bonds. The summed E-state index contributed by atoms with van der Waals surface area (Å²) in [5, 5.41) is 0. The van der Waals surface area contributed by atoms with Crippen molar-refractivity contribution in [2.45, 2.75) is 25.3 Å². The monoisotopic (exact) mass is 342 g/mol. The minimum Gasteiger partial charge on any atom is -0.369 e. The Balaban J connectivity index is 1.28. The van der Waals surface area contributed by atoms with E-state index in [0.29, 0.717) is 6.54 Å². The summed E-state index contributed by atoms with van der Waals surface area (Å²) in [6.45, 7) is 5.95. The van der Waals surface area contributed by atoms with Gasteiger partial charge in [-0.05, 0) is 31.4 Å². The van der Waals surface area contributed by atoms with Crippen molar-refractivity contribution >= 4 is 17.6 Å². The molecule has 0 aliphatic carbocycles. The number of benzene rings is 1. The summed E-state index contributed by atoms with van der Waals surface area (Å²) in [6.07, 6.45) is 2.90. The number of carbonyl (C=O) groups is 2. The number of para-hydroxylation sites is 1. The van der Waals surface area contributed by atoms with Crippen molar-refractivity contribution in [2.24, 2.45) is 0 Å². The highest BCUT2D eigenvalue weighted by Crippen LogP contribution is 2.26. The van der Waals surface area contributed by atoms with E-state index in [9.17, 15) is 9.59 Å². The molecule has 1 aromatic carbocycles. The molecule has 1 atom stereocenters. The van der Waals surface area contributed by atoms with Crippen molar-refractivity contribution in [3.8, 4) is 0 Å². The van der Waals surface area contributed by atoms with Crippen molar-refractivity contribution in [2.75, 3.05) is 50.7 Å². The lowest BCUT2D eigenvalue weighted by Crippen LogP contribution is -2.49. The number of nitrogens with zero attached hydrogens (tertiary/aromatic N) is 4. The molecule has 0 bridgehead atoms. The van der Waals surface area contributed by atoms with Gasteiger partial charge in [-0.25, -0.2) is 4.79 Å². The third kappa shape index (κ3) is 3.23. The Hall–Kier alpha value is -2.08. The summed E-state index contributed by atoms with van der Waals surface area (Å²) in [4.78, 5) is 33.0. The van der Waals surface area contributed by atoms with Gasteiger partial charge in [0, 0.05) is 51.5 Å². The van der Waals surface area contributed by atoms with Crippen LogP contribution in [0.4, 0.5) is 10.5 Å². The molecule has 3 aliphatic rings. The van der Waals surface area contributed by atoms with E-state index in [1.807, 2.05) is 6.07 Å². The normalized spacial score (nSPS) is 24.8. The first-order chi connectivity index (χ1) is 12.2. The average Bonchev–Trinajstić information content (AvgIpc) is 2.92. The third-order valence-corrected chi connectivity index (χ3v) is 5.66. The van der Waals surface area contributed by atoms with Gasteiger partial charge >= 0.3 is 6.03 Å². The fourth-order valence-corrected chi connectivity index (χ4v) is 4.16. The van der Waals surface area contributed by atoms with Crippen LogP contribution >= 0.6 is 0 Å². The molecule has 0 radical (unpaired) electrons. The smallest absolute Gasteiger partial charge is 0.327 e. The molecule has 134 valence electrons. The largest absolute Gasteiger partial charge is 0.369 e. The maximum atomic E-state index is 12.5. The number of amides is 3. The Labute approximate surface area is 149 Å². The standard InChI is InChI=1S/C19H26N4O2/c24-18-17-8-4-5-9-22(17)19(25)23(18)15-12-20-10-13-21(14-11-20)16-6-2-1-3-7-16/h1-3,6-7,17H,4-5,8-15H2/t17-/m0/s1. The Bertz CT molecular complexity index is 604. The number of urea groups is 1. The van der Waals surface area contributed by atoms with Gasteiger partial charge in [-0.2, -0.15) is 0 Å². The van der Waals surface area contributed by atoms with Crippen LogP contribution in [0.1, 0.15) is 19.3 Å². The van der Waals surface area contributed by atoms with Gasteiger partial charge in [-0.1, -0.05) is 18.2 Å². The molecule has 3 saturated heterocycles. The topological polar surface area (TPSA) is 47.1 Å². The highest BCUT2D eigenvalue weighted by atomic mass is 16.2. The lowest BCUT2D eigenvalue weighted by molar-refractivity contribution is -0.129. The summed E-state index contributed by atoms with van der Waals surface area (Å²) in [5.41, 5.74) is 1.27. The van der Waals surface area contributed by atoms with E-state index in [0.717, 1.165) is 58.5 Å². The maximum absolute atomic E-state index is 12.5. The zero-order valence-corrected chi connectivity index (χ0v) is 14.6. The van der Waals surface area contributed by atoms with Gasteiger partial charge in [0.25, 0.3) is 5.91 Å². The van der Waals surface area contributed by atoms with Crippen LogP contribution in [0.5, 0.6) is 0 Å². The lowest BCUT2D eigenvalue weighted by atomic mass is 10.0. The molecule has 3 heterocycles. The zero-order valence-electron chi connectivity index (χ0n) is 14.6. The number of carbonyl (C=O) groups excluding carboxylic acids is 2. The third-order valence-electron chi connectivity index (χ3n) is 5.66. The number of anilines is 1. The molecular formula is C19H26N4O2. The first kappa shape index (κ1) is 16.4. The molecule has 4 rings (SSSR count). The second-order valence-electron chi connectivity index (χ2n) is 7.14. The van der Waals surface area contributed by atoms with E-state index in [1.165, 1.54) is 10.6 Å². The van der Waals surface area contributed by atoms with Gasteiger partial charge in [-0.3, -0.25) is 14.6 Å². The van der Waals surface area contributed by atoms with Gasteiger partial charge < -0.3 is 9.80 Å². The van der Waals surface area contributed by atoms with Crippen LogP contribution in [-0.4, -0.2) is 78.5 Å². The molecule has 0 spiro atoms. The fourth-order valence-electron chi connectivity index (χ4n) is 4.16. The Morgan fingerprint density at radius 1 is 0.880 bits per heavy atom. The SMILES string of the molecule is O=C1[C@@H]2CCCCN2C(=O)N1CCN1CCN(c2ccccc2)CC1. The molecule has 25 heavy (non-hydrogen) atoms. The summed E-state index contributed by atoms with van der Waals surface area (Å²) >= 11 is 0. The van der Waals surface area contributed by atoms with E-state index < -0.39 is 0 Å². The zero-order chi connectivity index (χ0) is 17.2. The quantitative estimate of drug-likeness (QED) is 0.780. The van der Waals surface area contributed by atoms with Crippen molar-refractivity contribution in [3.05, 3.63) is 30.3 Å². The van der Waals surface area contributed by atoms with Crippen LogP contribution in [-0.2, 0) is 4.79 Å². The fraction of sp³-hybridized carbons (Fsp3) is 0.579. The van der Waals surface area contributed by atoms with E-state index in [-0.39, 0.29) is 18.0 Å². The average molecular weight is 342 g/mol. The Morgan fingerprint density at radius 2 is 1.64 bits per heavy atom. The molecule has 6 nitrogen and oxygen atoms in total. The summed E-state index contributed by atoms with van der Waals surface area (Å²) in [7, 11) is 0. The Morgan fingerprint density at radius 3 is 2.36 bits per heavy atom. The van der Waals surface area contributed by atoms with Crippen LogP contribution in [0, 0.1) is 0 Å². The summed E-state index contributed by atoms with van der Waals surface area (Å²) in [5.74, 6) is 0.0209. The molecule has 0 aromatic heterocycles. The van der Waals surface area contributed by atoms with Crippen molar-refractivity contribution in [1.82, 2.24) is 14.7 Å². The first-order valence-electron chi connectivity index (χ1n) is 9.38. The van der Waals surface area contributed by atoms with Crippen molar-refractivity contribution in [3.63, 3.8) is 0 Å². The van der Waals surface area contributed by atoms with E-state index >= 15 is 0 Å². The van der Waals surface area contributed by atoms with Gasteiger partial charge in [0.05, 0.1) is 0 Å².